The third-order valence-electron chi connectivity index (χ3n) is 5.25. The number of esters is 1. The fourth-order valence-corrected chi connectivity index (χ4v) is 5.43. The molecule has 1 amide bonds. The molecular weight excluding hydrogens is 398 g/mol. The number of ether oxygens (including phenoxy) is 2. The van der Waals surface area contributed by atoms with Crippen LogP contribution in [0.3, 0.4) is 0 Å². The van der Waals surface area contributed by atoms with Crippen molar-refractivity contribution in [3.8, 4) is 0 Å². The van der Waals surface area contributed by atoms with E-state index >= 15 is 0 Å². The van der Waals surface area contributed by atoms with E-state index in [-0.39, 0.29) is 28.7 Å². The molecule has 2 aliphatic heterocycles. The number of amides is 1. The highest BCUT2D eigenvalue weighted by atomic mass is 32.2. The number of rotatable bonds is 5. The summed E-state index contributed by atoms with van der Waals surface area (Å²) in [6.45, 7) is 7.15. The lowest BCUT2D eigenvalue weighted by atomic mass is 10.2. The predicted octanol–water partition coefficient (Wildman–Crippen LogP) is 0.991. The SMILES string of the molecule is CC1CN(C(=O)C(C)OC(=O)c2cc(S(=O)(=O)N3CCCC3)cn2C)CC(C)O1. The quantitative estimate of drug-likeness (QED) is 0.650. The molecule has 3 unspecified atom stereocenters. The Morgan fingerprint density at radius 2 is 1.76 bits per heavy atom. The monoisotopic (exact) mass is 427 g/mol. The number of nitrogens with zero attached hydrogens (tertiary/aromatic N) is 3. The molecule has 0 radical (unpaired) electrons. The van der Waals surface area contributed by atoms with Gasteiger partial charge in [0.1, 0.15) is 10.6 Å². The minimum atomic E-state index is -3.63. The summed E-state index contributed by atoms with van der Waals surface area (Å²) in [5, 5.41) is 0. The Balaban J connectivity index is 1.69. The maximum Gasteiger partial charge on any atom is 0.355 e. The second kappa shape index (κ2) is 8.45. The number of aryl methyl sites for hydroxylation is 1. The van der Waals surface area contributed by atoms with E-state index < -0.39 is 22.1 Å². The molecule has 0 saturated carbocycles. The number of aromatic nitrogens is 1. The van der Waals surface area contributed by atoms with Gasteiger partial charge in [-0.2, -0.15) is 4.31 Å². The van der Waals surface area contributed by atoms with Gasteiger partial charge < -0.3 is 18.9 Å². The molecule has 1 aromatic rings. The first-order valence-corrected chi connectivity index (χ1v) is 11.4. The van der Waals surface area contributed by atoms with Gasteiger partial charge >= 0.3 is 5.97 Å². The Hall–Kier alpha value is -1.91. The molecule has 29 heavy (non-hydrogen) atoms. The Labute approximate surface area is 171 Å². The van der Waals surface area contributed by atoms with Crippen LogP contribution < -0.4 is 0 Å². The summed E-state index contributed by atoms with van der Waals surface area (Å²) in [7, 11) is -2.05. The highest BCUT2D eigenvalue weighted by Crippen LogP contribution is 2.23. The molecular formula is C19H29N3O6S. The highest BCUT2D eigenvalue weighted by molar-refractivity contribution is 7.89. The van der Waals surface area contributed by atoms with Crippen molar-refractivity contribution >= 4 is 21.9 Å². The lowest BCUT2D eigenvalue weighted by molar-refractivity contribution is -0.151. The van der Waals surface area contributed by atoms with Crippen LogP contribution in [0.15, 0.2) is 17.2 Å². The van der Waals surface area contributed by atoms with Gasteiger partial charge in [0.15, 0.2) is 6.10 Å². The minimum Gasteiger partial charge on any atom is -0.448 e. The van der Waals surface area contributed by atoms with E-state index in [0.717, 1.165) is 12.8 Å². The third-order valence-corrected chi connectivity index (χ3v) is 7.12. The van der Waals surface area contributed by atoms with E-state index in [2.05, 4.69) is 0 Å². The molecule has 9 nitrogen and oxygen atoms in total. The lowest BCUT2D eigenvalue weighted by Gasteiger charge is -2.36. The van der Waals surface area contributed by atoms with Crippen molar-refractivity contribution in [2.45, 2.75) is 56.8 Å². The Morgan fingerprint density at radius 3 is 2.34 bits per heavy atom. The molecule has 2 saturated heterocycles. The summed E-state index contributed by atoms with van der Waals surface area (Å²) in [5.74, 6) is -1.02. The Kier molecular flexibility index (Phi) is 6.35. The number of carbonyl (C=O) groups is 2. The van der Waals surface area contributed by atoms with Crippen molar-refractivity contribution in [3.05, 3.63) is 18.0 Å². The van der Waals surface area contributed by atoms with Crippen LogP contribution in [0, 0.1) is 0 Å². The van der Waals surface area contributed by atoms with Gasteiger partial charge in [-0.1, -0.05) is 0 Å². The van der Waals surface area contributed by atoms with Gasteiger partial charge in [0, 0.05) is 39.4 Å². The molecule has 0 aliphatic carbocycles. The fourth-order valence-electron chi connectivity index (χ4n) is 3.84. The van der Waals surface area contributed by atoms with Gasteiger partial charge in [0.25, 0.3) is 5.91 Å². The van der Waals surface area contributed by atoms with Crippen LogP contribution in [0.25, 0.3) is 0 Å². The van der Waals surface area contributed by atoms with Gasteiger partial charge in [-0.15, -0.1) is 0 Å². The van der Waals surface area contributed by atoms with Gasteiger partial charge in [0.05, 0.1) is 12.2 Å². The average molecular weight is 428 g/mol. The Morgan fingerprint density at radius 1 is 1.17 bits per heavy atom. The van der Waals surface area contributed by atoms with E-state index in [0.29, 0.717) is 26.2 Å². The molecule has 0 aromatic carbocycles. The molecule has 3 rings (SSSR count). The van der Waals surface area contributed by atoms with Crippen LogP contribution in [0.4, 0.5) is 0 Å². The second-order valence-corrected chi connectivity index (χ2v) is 9.77. The van der Waals surface area contributed by atoms with Crippen molar-refractivity contribution in [1.29, 1.82) is 0 Å². The van der Waals surface area contributed by atoms with Crippen LogP contribution in [0.2, 0.25) is 0 Å². The minimum absolute atomic E-state index is 0.0589. The van der Waals surface area contributed by atoms with Crippen LogP contribution in [-0.2, 0) is 31.3 Å². The largest absolute Gasteiger partial charge is 0.448 e. The predicted molar refractivity (Wildman–Crippen MR) is 105 cm³/mol. The molecule has 10 heteroatoms. The van der Waals surface area contributed by atoms with Crippen LogP contribution in [0.1, 0.15) is 44.1 Å². The van der Waals surface area contributed by atoms with Gasteiger partial charge in [-0.25, -0.2) is 13.2 Å². The number of morpholine rings is 1. The fraction of sp³-hybridized carbons (Fsp3) is 0.684. The third kappa shape index (κ3) is 4.65. The molecule has 0 N–H and O–H groups in total. The van der Waals surface area contributed by atoms with Gasteiger partial charge in [0.2, 0.25) is 10.0 Å². The normalized spacial score (nSPS) is 24.5. The molecule has 3 heterocycles. The molecule has 2 fully saturated rings. The van der Waals surface area contributed by atoms with Crippen molar-refractivity contribution in [1.82, 2.24) is 13.8 Å². The smallest absolute Gasteiger partial charge is 0.355 e. The van der Waals surface area contributed by atoms with Crippen LogP contribution in [-0.4, -0.2) is 78.6 Å². The summed E-state index contributed by atoms with van der Waals surface area (Å²) < 4.78 is 39.2. The first-order chi connectivity index (χ1) is 13.6. The number of sulfonamides is 1. The number of hydrogen-bond donors (Lipinski definition) is 0. The molecule has 1 aromatic heterocycles. The topological polar surface area (TPSA) is 98.1 Å². The number of hydrogen-bond acceptors (Lipinski definition) is 6. The highest BCUT2D eigenvalue weighted by Gasteiger charge is 2.33. The molecule has 0 spiro atoms. The van der Waals surface area contributed by atoms with E-state index in [9.17, 15) is 18.0 Å². The van der Waals surface area contributed by atoms with Crippen molar-refractivity contribution < 1.29 is 27.5 Å². The van der Waals surface area contributed by atoms with Crippen molar-refractivity contribution in [3.63, 3.8) is 0 Å². The summed E-state index contributed by atoms with van der Waals surface area (Å²) >= 11 is 0. The average Bonchev–Trinajstić information content (AvgIpc) is 3.30. The van der Waals surface area contributed by atoms with Crippen molar-refractivity contribution in [2.75, 3.05) is 26.2 Å². The lowest BCUT2D eigenvalue weighted by Crippen LogP contribution is -2.51. The van der Waals surface area contributed by atoms with Crippen LogP contribution >= 0.6 is 0 Å². The summed E-state index contributed by atoms with van der Waals surface area (Å²) in [4.78, 5) is 27.0. The van der Waals surface area contributed by atoms with Crippen molar-refractivity contribution in [2.24, 2.45) is 7.05 Å². The van der Waals surface area contributed by atoms with E-state index in [4.69, 9.17) is 9.47 Å². The van der Waals surface area contributed by atoms with Crippen LogP contribution in [0.5, 0.6) is 0 Å². The van der Waals surface area contributed by atoms with E-state index in [1.54, 1.807) is 11.9 Å². The van der Waals surface area contributed by atoms with E-state index in [1.807, 2.05) is 13.8 Å². The molecule has 2 aliphatic rings. The molecule has 3 atom stereocenters. The summed E-state index contributed by atoms with van der Waals surface area (Å²) in [6, 6.07) is 1.31. The standard InChI is InChI=1S/C19H29N3O6S/c1-13-10-21(11-14(2)27-13)18(23)15(3)28-19(24)17-9-16(12-20(17)4)29(25,26)22-7-5-6-8-22/h9,12-15H,5-8,10-11H2,1-4H3. The maximum absolute atomic E-state index is 12.7. The summed E-state index contributed by atoms with van der Waals surface area (Å²) in [5.41, 5.74) is 0.0890. The zero-order valence-electron chi connectivity index (χ0n) is 17.3. The maximum atomic E-state index is 12.7. The van der Waals surface area contributed by atoms with E-state index in [1.165, 1.54) is 28.1 Å². The van der Waals surface area contributed by atoms with Gasteiger partial charge in [-0.05, 0) is 39.7 Å². The first-order valence-electron chi connectivity index (χ1n) is 9.91. The zero-order valence-corrected chi connectivity index (χ0v) is 18.1. The molecule has 162 valence electrons. The number of carbonyl (C=O) groups excluding carboxylic acids is 2. The molecule has 0 bridgehead atoms. The Bertz CT molecular complexity index is 865. The zero-order chi connectivity index (χ0) is 21.3. The first kappa shape index (κ1) is 21.8. The summed E-state index contributed by atoms with van der Waals surface area (Å²) in [6.07, 6.45) is 1.92. The van der Waals surface area contributed by atoms with Gasteiger partial charge in [-0.3, -0.25) is 4.79 Å². The second-order valence-electron chi connectivity index (χ2n) is 7.83.